The van der Waals surface area contributed by atoms with Gasteiger partial charge in [-0.2, -0.15) is 0 Å². The molecule has 174 valence electrons. The minimum Gasteiger partial charge on any atom is -0.348 e. The predicted octanol–water partition coefficient (Wildman–Crippen LogP) is 4.82. The number of carbonyl (C=O) groups is 1. The number of hydrogen-bond donors (Lipinski definition) is 2. The molecule has 0 atom stereocenters. The number of H-pyrrole nitrogens is 1. The lowest BCUT2D eigenvalue weighted by Gasteiger charge is -2.29. The van der Waals surface area contributed by atoms with E-state index in [-0.39, 0.29) is 24.6 Å². The van der Waals surface area contributed by atoms with Crippen LogP contribution in [0.25, 0.3) is 5.57 Å². The molecule has 0 saturated carbocycles. The third-order valence-electron chi connectivity index (χ3n) is 6.11. The van der Waals surface area contributed by atoms with Gasteiger partial charge in [-0.25, -0.2) is 8.78 Å². The van der Waals surface area contributed by atoms with E-state index in [0.29, 0.717) is 24.2 Å². The first-order valence-electron chi connectivity index (χ1n) is 11.0. The summed E-state index contributed by atoms with van der Waals surface area (Å²) in [4.78, 5) is 30.8. The van der Waals surface area contributed by atoms with E-state index in [9.17, 15) is 18.4 Å². The highest BCUT2D eigenvalue weighted by molar-refractivity contribution is 7.11. The number of amides is 1. The van der Waals surface area contributed by atoms with E-state index in [1.54, 1.807) is 11.3 Å². The van der Waals surface area contributed by atoms with Crippen LogP contribution in [0.4, 0.5) is 8.78 Å². The van der Waals surface area contributed by atoms with Crippen molar-refractivity contribution >= 4 is 22.8 Å². The standard InChI is InChI=1S/C24H31F2N3O2S/c1-5-18(17-6-8-29(9-7-17)12-21(25)26)22-16(4)20(13-32-22)23(30)27-11-19-14(2)10-15(3)28-24(19)31/h10,13,21H,5-9,11-12H2,1-4H3,(H,27,30)(H,28,31). The van der Waals surface area contributed by atoms with E-state index < -0.39 is 6.43 Å². The zero-order chi connectivity index (χ0) is 23.4. The van der Waals surface area contributed by atoms with E-state index in [2.05, 4.69) is 17.2 Å². The van der Waals surface area contributed by atoms with Crippen LogP contribution >= 0.6 is 11.3 Å². The van der Waals surface area contributed by atoms with Crippen LogP contribution < -0.4 is 10.9 Å². The molecule has 8 heteroatoms. The maximum atomic E-state index is 12.9. The van der Waals surface area contributed by atoms with Crippen LogP contribution in [-0.2, 0) is 6.54 Å². The van der Waals surface area contributed by atoms with Crippen molar-refractivity contribution in [1.82, 2.24) is 15.2 Å². The monoisotopic (exact) mass is 463 g/mol. The van der Waals surface area contributed by atoms with Crippen LogP contribution in [0.3, 0.4) is 0 Å². The van der Waals surface area contributed by atoms with Gasteiger partial charge in [0, 0.05) is 41.1 Å². The Balaban J connectivity index is 1.74. The SMILES string of the molecule is CCC(=C1CCN(CC(F)F)CC1)c1scc(C(=O)NCc2c(C)cc(C)[nH]c2=O)c1C. The third-order valence-corrected chi connectivity index (χ3v) is 7.26. The predicted molar refractivity (Wildman–Crippen MR) is 126 cm³/mol. The molecule has 3 heterocycles. The zero-order valence-electron chi connectivity index (χ0n) is 19.1. The van der Waals surface area contributed by atoms with E-state index in [1.165, 1.54) is 11.1 Å². The average molecular weight is 464 g/mol. The summed E-state index contributed by atoms with van der Waals surface area (Å²) in [6.07, 6.45) is 0.102. The Morgan fingerprint density at radius 3 is 2.53 bits per heavy atom. The molecular weight excluding hydrogens is 432 g/mol. The second-order valence-electron chi connectivity index (χ2n) is 8.36. The van der Waals surface area contributed by atoms with Crippen LogP contribution in [0.1, 0.15) is 63.8 Å². The molecule has 32 heavy (non-hydrogen) atoms. The van der Waals surface area contributed by atoms with Crippen molar-refractivity contribution in [2.24, 2.45) is 0 Å². The van der Waals surface area contributed by atoms with Crippen molar-refractivity contribution in [2.45, 2.75) is 59.9 Å². The second kappa shape index (κ2) is 10.5. The number of piperidine rings is 1. The second-order valence-corrected chi connectivity index (χ2v) is 9.24. The van der Waals surface area contributed by atoms with Gasteiger partial charge in [0.15, 0.2) is 0 Å². The Kier molecular flexibility index (Phi) is 8.00. The number of nitrogens with one attached hydrogen (secondary N) is 2. The summed E-state index contributed by atoms with van der Waals surface area (Å²) in [6.45, 7) is 9.04. The quantitative estimate of drug-likeness (QED) is 0.619. The summed E-state index contributed by atoms with van der Waals surface area (Å²) in [5.74, 6) is -0.198. The molecule has 1 saturated heterocycles. The molecule has 2 aromatic heterocycles. The van der Waals surface area contributed by atoms with Crippen molar-refractivity contribution < 1.29 is 13.6 Å². The van der Waals surface area contributed by atoms with Gasteiger partial charge in [0.05, 0.1) is 12.1 Å². The summed E-state index contributed by atoms with van der Waals surface area (Å²) < 4.78 is 25.3. The largest absolute Gasteiger partial charge is 0.348 e. The number of aryl methyl sites for hydroxylation is 2. The van der Waals surface area contributed by atoms with Gasteiger partial charge in [-0.3, -0.25) is 14.5 Å². The first kappa shape index (κ1) is 24.3. The molecule has 0 unspecified atom stereocenters. The molecule has 2 aromatic rings. The number of thiophene rings is 1. The lowest BCUT2D eigenvalue weighted by Crippen LogP contribution is -2.34. The summed E-state index contributed by atoms with van der Waals surface area (Å²) in [5, 5.41) is 4.75. The fourth-order valence-electron chi connectivity index (χ4n) is 4.38. The van der Waals surface area contributed by atoms with Gasteiger partial charge in [0.1, 0.15) is 0 Å². The van der Waals surface area contributed by atoms with E-state index >= 15 is 0 Å². The third kappa shape index (κ3) is 5.53. The number of likely N-dealkylation sites (tertiary alicyclic amines) is 1. The van der Waals surface area contributed by atoms with Crippen LogP contribution in [-0.4, -0.2) is 41.9 Å². The highest BCUT2D eigenvalue weighted by Crippen LogP contribution is 2.36. The minimum atomic E-state index is -2.30. The number of rotatable bonds is 7. The number of carbonyl (C=O) groups excluding carboxylic acids is 1. The molecule has 0 bridgehead atoms. The highest BCUT2D eigenvalue weighted by atomic mass is 32.1. The van der Waals surface area contributed by atoms with Crippen LogP contribution in [0, 0.1) is 20.8 Å². The Morgan fingerprint density at radius 2 is 1.94 bits per heavy atom. The van der Waals surface area contributed by atoms with Gasteiger partial charge in [0.2, 0.25) is 0 Å². The summed E-state index contributed by atoms with van der Waals surface area (Å²) >= 11 is 1.55. The zero-order valence-corrected chi connectivity index (χ0v) is 19.9. The topological polar surface area (TPSA) is 65.2 Å². The van der Waals surface area contributed by atoms with E-state index in [1.807, 2.05) is 37.1 Å². The number of pyridine rings is 1. The summed E-state index contributed by atoms with van der Waals surface area (Å²) in [6, 6.07) is 1.89. The lowest BCUT2D eigenvalue weighted by atomic mass is 9.93. The van der Waals surface area contributed by atoms with Gasteiger partial charge in [0.25, 0.3) is 17.9 Å². The molecular formula is C24H31F2N3O2S. The number of alkyl halides is 2. The smallest absolute Gasteiger partial charge is 0.253 e. The minimum absolute atomic E-state index is 0.166. The van der Waals surface area contributed by atoms with Crippen molar-refractivity contribution in [1.29, 1.82) is 0 Å². The van der Waals surface area contributed by atoms with Gasteiger partial charge >= 0.3 is 0 Å². The molecule has 1 amide bonds. The Labute approximate surface area is 191 Å². The molecule has 0 spiro atoms. The number of aromatic nitrogens is 1. The first-order valence-corrected chi connectivity index (χ1v) is 11.9. The van der Waals surface area contributed by atoms with Crippen molar-refractivity contribution in [3.8, 4) is 0 Å². The Morgan fingerprint density at radius 1 is 1.25 bits per heavy atom. The molecule has 1 aliphatic rings. The fourth-order valence-corrected chi connectivity index (χ4v) is 5.61. The number of hydrogen-bond acceptors (Lipinski definition) is 4. The van der Waals surface area contributed by atoms with Crippen molar-refractivity contribution in [3.05, 3.63) is 60.2 Å². The van der Waals surface area contributed by atoms with Crippen LogP contribution in [0.2, 0.25) is 0 Å². The summed E-state index contributed by atoms with van der Waals surface area (Å²) in [5.41, 5.74) is 6.11. The Hall–Kier alpha value is -2.32. The van der Waals surface area contributed by atoms with Gasteiger partial charge in [-0.1, -0.05) is 12.5 Å². The Bertz CT molecular complexity index is 1060. The van der Waals surface area contributed by atoms with E-state index in [4.69, 9.17) is 0 Å². The fraction of sp³-hybridized carbons (Fsp3) is 0.500. The van der Waals surface area contributed by atoms with Crippen molar-refractivity contribution in [3.63, 3.8) is 0 Å². The van der Waals surface area contributed by atoms with Gasteiger partial charge in [-0.15, -0.1) is 11.3 Å². The molecule has 5 nitrogen and oxygen atoms in total. The molecule has 1 aliphatic heterocycles. The normalized spacial score (nSPS) is 14.8. The van der Waals surface area contributed by atoms with Crippen molar-refractivity contribution in [2.75, 3.05) is 19.6 Å². The first-order chi connectivity index (χ1) is 15.2. The number of allylic oxidation sites excluding steroid dienone is 1. The molecule has 3 rings (SSSR count). The van der Waals surface area contributed by atoms with E-state index in [0.717, 1.165) is 41.0 Å². The van der Waals surface area contributed by atoms with Crippen LogP contribution in [0.15, 0.2) is 21.8 Å². The number of nitrogens with zero attached hydrogens (tertiary/aromatic N) is 1. The maximum Gasteiger partial charge on any atom is 0.253 e. The maximum absolute atomic E-state index is 12.9. The molecule has 0 radical (unpaired) electrons. The molecule has 2 N–H and O–H groups in total. The molecule has 0 aromatic carbocycles. The van der Waals surface area contributed by atoms with Gasteiger partial charge in [-0.05, 0) is 62.8 Å². The molecule has 1 fully saturated rings. The van der Waals surface area contributed by atoms with Crippen LogP contribution in [0.5, 0.6) is 0 Å². The summed E-state index contributed by atoms with van der Waals surface area (Å²) in [7, 11) is 0. The molecule has 0 aliphatic carbocycles. The van der Waals surface area contributed by atoms with Gasteiger partial charge < -0.3 is 10.3 Å². The average Bonchev–Trinajstić information content (AvgIpc) is 3.10. The number of aromatic amines is 1. The highest BCUT2D eigenvalue weighted by Gasteiger charge is 2.23. The number of halogens is 2. The lowest BCUT2D eigenvalue weighted by molar-refractivity contribution is 0.0844.